The van der Waals surface area contributed by atoms with Gasteiger partial charge in [0.05, 0.1) is 23.4 Å². The lowest BCUT2D eigenvalue weighted by Gasteiger charge is -2.13. The van der Waals surface area contributed by atoms with Crippen LogP contribution in [0.1, 0.15) is 28.4 Å². The minimum atomic E-state index is 0.290. The molecular formula is C16H28N4O2S. The van der Waals surface area contributed by atoms with Crippen molar-refractivity contribution < 1.29 is 9.47 Å². The SMILES string of the molecule is CN=C(NCCCOC1CCOC1)NCCc1sc(C)nc1C. The zero-order valence-corrected chi connectivity index (χ0v) is 15.2. The highest BCUT2D eigenvalue weighted by atomic mass is 32.1. The molecular weight excluding hydrogens is 312 g/mol. The molecule has 0 spiro atoms. The van der Waals surface area contributed by atoms with Gasteiger partial charge in [-0.05, 0) is 26.7 Å². The number of aliphatic imine (C=N–C) groups is 1. The minimum Gasteiger partial charge on any atom is -0.379 e. The van der Waals surface area contributed by atoms with Crippen LogP contribution in [-0.2, 0) is 15.9 Å². The summed E-state index contributed by atoms with van der Waals surface area (Å²) in [6, 6.07) is 0. The fourth-order valence-electron chi connectivity index (χ4n) is 2.49. The number of guanidine groups is 1. The standard InChI is InChI=1S/C16H28N4O2S/c1-12-15(23-13(2)20-12)5-8-19-16(17-3)18-7-4-9-22-14-6-10-21-11-14/h14H,4-11H2,1-3H3,(H2,17,18,19). The summed E-state index contributed by atoms with van der Waals surface area (Å²) in [4.78, 5) is 10.0. The van der Waals surface area contributed by atoms with E-state index in [2.05, 4.69) is 34.5 Å². The van der Waals surface area contributed by atoms with Crippen molar-refractivity contribution in [3.8, 4) is 0 Å². The predicted molar refractivity (Wildman–Crippen MR) is 94.4 cm³/mol. The van der Waals surface area contributed by atoms with Crippen LogP contribution in [0.2, 0.25) is 0 Å². The number of ether oxygens (including phenoxy) is 2. The third kappa shape index (κ3) is 6.45. The molecule has 1 aromatic heterocycles. The zero-order valence-electron chi connectivity index (χ0n) is 14.4. The average molecular weight is 340 g/mol. The molecule has 0 amide bonds. The van der Waals surface area contributed by atoms with Gasteiger partial charge in [-0.2, -0.15) is 0 Å². The Bertz CT molecular complexity index is 498. The van der Waals surface area contributed by atoms with Crippen LogP contribution in [0.15, 0.2) is 4.99 Å². The summed E-state index contributed by atoms with van der Waals surface area (Å²) in [7, 11) is 1.80. The molecule has 2 heterocycles. The van der Waals surface area contributed by atoms with Crippen molar-refractivity contribution in [1.29, 1.82) is 0 Å². The lowest BCUT2D eigenvalue weighted by Crippen LogP contribution is -2.39. The molecule has 130 valence electrons. The van der Waals surface area contributed by atoms with Crippen molar-refractivity contribution in [2.45, 2.75) is 39.2 Å². The molecule has 6 nitrogen and oxygen atoms in total. The summed E-state index contributed by atoms with van der Waals surface area (Å²) in [5.74, 6) is 0.841. The fraction of sp³-hybridized carbons (Fsp3) is 0.750. The van der Waals surface area contributed by atoms with Crippen LogP contribution in [0.3, 0.4) is 0 Å². The lowest BCUT2D eigenvalue weighted by molar-refractivity contribution is 0.0420. The maximum Gasteiger partial charge on any atom is 0.190 e. The Morgan fingerprint density at radius 2 is 2.22 bits per heavy atom. The molecule has 1 aromatic rings. The summed E-state index contributed by atoms with van der Waals surface area (Å²) in [6.45, 7) is 8.17. The van der Waals surface area contributed by atoms with Crippen molar-refractivity contribution in [2.75, 3.05) is 40.0 Å². The first kappa shape index (κ1) is 18.2. The number of hydrogen-bond donors (Lipinski definition) is 2. The highest BCUT2D eigenvalue weighted by Crippen LogP contribution is 2.16. The van der Waals surface area contributed by atoms with Crippen molar-refractivity contribution in [1.82, 2.24) is 15.6 Å². The summed E-state index contributed by atoms with van der Waals surface area (Å²) in [6.07, 6.45) is 3.25. The maximum absolute atomic E-state index is 5.74. The molecule has 7 heteroatoms. The van der Waals surface area contributed by atoms with Gasteiger partial charge in [0.1, 0.15) is 0 Å². The van der Waals surface area contributed by atoms with Crippen LogP contribution in [0.4, 0.5) is 0 Å². The van der Waals surface area contributed by atoms with Gasteiger partial charge in [-0.25, -0.2) is 4.98 Å². The van der Waals surface area contributed by atoms with Crippen LogP contribution in [0, 0.1) is 13.8 Å². The quantitative estimate of drug-likeness (QED) is 0.428. The third-order valence-electron chi connectivity index (χ3n) is 3.72. The first-order chi connectivity index (χ1) is 11.2. The van der Waals surface area contributed by atoms with E-state index in [1.165, 1.54) is 4.88 Å². The van der Waals surface area contributed by atoms with E-state index in [0.717, 1.165) is 68.8 Å². The first-order valence-corrected chi connectivity index (χ1v) is 9.07. The number of nitrogens with zero attached hydrogens (tertiary/aromatic N) is 2. The highest BCUT2D eigenvalue weighted by Gasteiger charge is 2.15. The number of thiazole rings is 1. The molecule has 0 radical (unpaired) electrons. The average Bonchev–Trinajstić information content (AvgIpc) is 3.15. The normalized spacial score (nSPS) is 18.4. The molecule has 2 rings (SSSR count). The molecule has 1 aliphatic heterocycles. The van der Waals surface area contributed by atoms with E-state index < -0.39 is 0 Å². The van der Waals surface area contributed by atoms with E-state index in [1.54, 1.807) is 18.4 Å². The Kier molecular flexibility index (Phi) is 7.78. The third-order valence-corrected chi connectivity index (χ3v) is 4.86. The summed E-state index contributed by atoms with van der Waals surface area (Å²) in [5.41, 5.74) is 1.14. The van der Waals surface area contributed by atoms with Gasteiger partial charge < -0.3 is 20.1 Å². The molecule has 0 aromatic carbocycles. The topological polar surface area (TPSA) is 67.8 Å². The van der Waals surface area contributed by atoms with Gasteiger partial charge in [0.15, 0.2) is 5.96 Å². The number of aromatic nitrogens is 1. The molecule has 1 unspecified atom stereocenters. The molecule has 1 aliphatic rings. The van der Waals surface area contributed by atoms with Crippen LogP contribution in [0.5, 0.6) is 0 Å². The summed E-state index contributed by atoms with van der Waals surface area (Å²) in [5, 5.41) is 7.79. The van der Waals surface area contributed by atoms with Gasteiger partial charge in [-0.3, -0.25) is 4.99 Å². The number of aryl methyl sites for hydroxylation is 2. The smallest absolute Gasteiger partial charge is 0.190 e. The zero-order chi connectivity index (χ0) is 16.5. The van der Waals surface area contributed by atoms with Gasteiger partial charge in [-0.15, -0.1) is 11.3 Å². The molecule has 1 fully saturated rings. The van der Waals surface area contributed by atoms with Gasteiger partial charge in [0, 0.05) is 44.6 Å². The Hall–Kier alpha value is -1.18. The van der Waals surface area contributed by atoms with Gasteiger partial charge in [-0.1, -0.05) is 0 Å². The summed E-state index contributed by atoms with van der Waals surface area (Å²) >= 11 is 1.77. The molecule has 23 heavy (non-hydrogen) atoms. The number of rotatable bonds is 8. The van der Waals surface area contributed by atoms with Crippen molar-refractivity contribution in [2.24, 2.45) is 4.99 Å². The molecule has 0 bridgehead atoms. The Labute approximate surface area is 142 Å². The number of hydrogen-bond acceptors (Lipinski definition) is 5. The minimum absolute atomic E-state index is 0.290. The first-order valence-electron chi connectivity index (χ1n) is 8.26. The predicted octanol–water partition coefficient (Wildman–Crippen LogP) is 1.66. The van der Waals surface area contributed by atoms with E-state index in [-0.39, 0.29) is 0 Å². The second-order valence-corrected chi connectivity index (χ2v) is 6.91. The van der Waals surface area contributed by atoms with Gasteiger partial charge in [0.2, 0.25) is 0 Å². The van der Waals surface area contributed by atoms with Crippen LogP contribution < -0.4 is 10.6 Å². The van der Waals surface area contributed by atoms with Crippen LogP contribution in [0.25, 0.3) is 0 Å². The van der Waals surface area contributed by atoms with Crippen LogP contribution in [-0.4, -0.2) is 57.0 Å². The Morgan fingerprint density at radius 1 is 1.39 bits per heavy atom. The van der Waals surface area contributed by atoms with E-state index in [9.17, 15) is 0 Å². The van der Waals surface area contributed by atoms with E-state index >= 15 is 0 Å². The monoisotopic (exact) mass is 340 g/mol. The summed E-state index contributed by atoms with van der Waals surface area (Å²) < 4.78 is 11.0. The van der Waals surface area contributed by atoms with E-state index in [0.29, 0.717) is 6.10 Å². The second-order valence-electron chi connectivity index (χ2n) is 5.63. The molecule has 2 N–H and O–H groups in total. The van der Waals surface area contributed by atoms with Gasteiger partial charge >= 0.3 is 0 Å². The Morgan fingerprint density at radius 3 is 2.87 bits per heavy atom. The largest absolute Gasteiger partial charge is 0.379 e. The van der Waals surface area contributed by atoms with Gasteiger partial charge in [0.25, 0.3) is 0 Å². The second kappa shape index (κ2) is 9.85. The van der Waals surface area contributed by atoms with Crippen molar-refractivity contribution in [3.05, 3.63) is 15.6 Å². The molecule has 0 aliphatic carbocycles. The molecule has 1 saturated heterocycles. The fourth-order valence-corrected chi connectivity index (χ4v) is 3.43. The Balaban J connectivity index is 1.55. The van der Waals surface area contributed by atoms with Crippen molar-refractivity contribution >= 4 is 17.3 Å². The van der Waals surface area contributed by atoms with Crippen molar-refractivity contribution in [3.63, 3.8) is 0 Å². The van der Waals surface area contributed by atoms with E-state index in [1.807, 2.05) is 0 Å². The number of nitrogens with one attached hydrogen (secondary N) is 2. The highest BCUT2D eigenvalue weighted by molar-refractivity contribution is 7.11. The molecule has 1 atom stereocenters. The van der Waals surface area contributed by atoms with Crippen LogP contribution >= 0.6 is 11.3 Å². The molecule has 0 saturated carbocycles. The lowest BCUT2D eigenvalue weighted by atomic mass is 10.3. The maximum atomic E-state index is 5.74. The van der Waals surface area contributed by atoms with E-state index in [4.69, 9.17) is 9.47 Å².